The van der Waals surface area contributed by atoms with Gasteiger partial charge in [-0.25, -0.2) is 4.21 Å². The van der Waals surface area contributed by atoms with Crippen molar-refractivity contribution in [1.82, 2.24) is 0 Å². The Morgan fingerprint density at radius 3 is 2.33 bits per heavy atom. The Balaban J connectivity index is 3.24. The van der Waals surface area contributed by atoms with E-state index in [4.69, 9.17) is 0 Å². The van der Waals surface area contributed by atoms with Gasteiger partial charge in [0.25, 0.3) is 0 Å². The fourth-order valence-electron chi connectivity index (χ4n) is 0.755. The molecule has 1 rings (SSSR count). The molecule has 0 aromatic heterocycles. The third-order valence-electron chi connectivity index (χ3n) is 1.42. The summed E-state index contributed by atoms with van der Waals surface area (Å²) in [5.74, 6) is 0. The lowest BCUT2D eigenvalue weighted by Gasteiger charge is -1.99. The topological polar surface area (TPSA) is 49.7 Å². The van der Waals surface area contributed by atoms with Crippen molar-refractivity contribution >= 4 is 26.2 Å². The fraction of sp³-hybridized carbons (Fsp3) is 0.143. The molecule has 0 aliphatic carbocycles. The van der Waals surface area contributed by atoms with Gasteiger partial charge in [0.05, 0.1) is 21.0 Å². The molecule has 1 N–H and O–H groups in total. The molecule has 0 bridgehead atoms. The van der Waals surface area contributed by atoms with E-state index in [-0.39, 0.29) is 0 Å². The molecule has 3 nitrogen and oxygen atoms in total. The molecule has 1 atom stereocenters. The van der Waals surface area contributed by atoms with Crippen LogP contribution in [-0.2, 0) is 10.0 Å². The van der Waals surface area contributed by atoms with Crippen molar-refractivity contribution < 1.29 is 8.76 Å². The van der Waals surface area contributed by atoms with Gasteiger partial charge in [0.2, 0.25) is 10.0 Å². The highest BCUT2D eigenvalue weighted by atomic mass is 79.9. The number of hydrogen-bond acceptors (Lipinski definition) is 2. The molecular formula is C7H8BrNO2S. The van der Waals surface area contributed by atoms with Gasteiger partial charge in [0, 0.05) is 0 Å². The molecule has 0 aliphatic rings. The van der Waals surface area contributed by atoms with E-state index < -0.39 is 10.0 Å². The van der Waals surface area contributed by atoms with Crippen molar-refractivity contribution in [1.29, 1.82) is 0 Å². The third kappa shape index (κ3) is 2.06. The zero-order chi connectivity index (χ0) is 9.19. The van der Waals surface area contributed by atoms with Crippen molar-refractivity contribution in [2.45, 2.75) is 11.8 Å². The first kappa shape index (κ1) is 9.70. The van der Waals surface area contributed by atoms with E-state index in [9.17, 15) is 8.76 Å². The second-order valence-electron chi connectivity index (χ2n) is 2.38. The van der Waals surface area contributed by atoms with Gasteiger partial charge >= 0.3 is 0 Å². The first-order valence-corrected chi connectivity index (χ1v) is 5.41. The number of hydrogen-bond donors (Lipinski definition) is 1. The SMILES string of the molecule is Cc1ccc(S(=O)(O)=NBr)cc1. The van der Waals surface area contributed by atoms with Crippen LogP contribution >= 0.6 is 16.1 Å². The van der Waals surface area contributed by atoms with Gasteiger partial charge in [0.15, 0.2) is 0 Å². The molecule has 0 saturated heterocycles. The lowest BCUT2D eigenvalue weighted by atomic mass is 10.2. The van der Waals surface area contributed by atoms with Crippen LogP contribution in [-0.4, -0.2) is 8.76 Å². The maximum atomic E-state index is 11.2. The van der Waals surface area contributed by atoms with Crippen LogP contribution in [0.25, 0.3) is 0 Å². The number of benzene rings is 1. The molecule has 0 amide bonds. The molecule has 1 aromatic rings. The minimum Gasteiger partial charge on any atom is -0.296 e. The number of aryl methyl sites for hydroxylation is 1. The van der Waals surface area contributed by atoms with E-state index in [1.807, 2.05) is 6.92 Å². The maximum Gasteiger partial charge on any atom is 0.201 e. The Hall–Kier alpha value is -0.390. The van der Waals surface area contributed by atoms with E-state index in [1.54, 1.807) is 24.3 Å². The highest BCUT2D eigenvalue weighted by Gasteiger charge is 2.05. The van der Waals surface area contributed by atoms with Gasteiger partial charge in [-0.1, -0.05) is 17.7 Å². The molecule has 0 saturated carbocycles. The lowest BCUT2D eigenvalue weighted by molar-refractivity contribution is 0.553. The summed E-state index contributed by atoms with van der Waals surface area (Å²) in [6.07, 6.45) is 0. The van der Waals surface area contributed by atoms with E-state index in [0.29, 0.717) is 4.90 Å². The van der Waals surface area contributed by atoms with Crippen molar-refractivity contribution in [3.05, 3.63) is 29.8 Å². The molecule has 0 fully saturated rings. The van der Waals surface area contributed by atoms with Crippen molar-refractivity contribution in [2.75, 3.05) is 0 Å². The van der Waals surface area contributed by atoms with Crippen LogP contribution in [0.3, 0.4) is 0 Å². The van der Waals surface area contributed by atoms with Gasteiger partial charge in [-0.05, 0) is 19.1 Å². The molecule has 0 spiro atoms. The highest BCUT2D eigenvalue weighted by Crippen LogP contribution is 2.13. The molecule has 1 unspecified atom stereocenters. The van der Waals surface area contributed by atoms with Crippen molar-refractivity contribution in [3.63, 3.8) is 0 Å². The summed E-state index contributed by atoms with van der Waals surface area (Å²) in [7, 11) is -3.22. The van der Waals surface area contributed by atoms with Crippen LogP contribution < -0.4 is 0 Å². The van der Waals surface area contributed by atoms with Crippen LogP contribution in [0.1, 0.15) is 5.56 Å². The minimum atomic E-state index is -3.22. The van der Waals surface area contributed by atoms with Gasteiger partial charge in [-0.15, -0.1) is 3.39 Å². The van der Waals surface area contributed by atoms with Crippen LogP contribution in [0.5, 0.6) is 0 Å². The largest absolute Gasteiger partial charge is 0.296 e. The summed E-state index contributed by atoms with van der Waals surface area (Å²) >= 11 is 2.63. The molecule has 0 radical (unpaired) electrons. The van der Waals surface area contributed by atoms with E-state index in [0.717, 1.165) is 5.56 Å². The molecule has 5 heteroatoms. The molecular weight excluding hydrogens is 242 g/mol. The Morgan fingerprint density at radius 2 is 1.92 bits per heavy atom. The van der Waals surface area contributed by atoms with Crippen molar-refractivity contribution in [2.24, 2.45) is 3.39 Å². The van der Waals surface area contributed by atoms with Crippen molar-refractivity contribution in [3.8, 4) is 0 Å². The van der Waals surface area contributed by atoms with Crippen LogP contribution in [0.15, 0.2) is 32.5 Å². The monoisotopic (exact) mass is 249 g/mol. The summed E-state index contributed by atoms with van der Waals surface area (Å²) in [5.41, 5.74) is 1.04. The quantitative estimate of drug-likeness (QED) is 0.832. The summed E-state index contributed by atoms with van der Waals surface area (Å²) < 4.78 is 23.6. The first-order chi connectivity index (χ1) is 5.56. The average molecular weight is 250 g/mol. The second-order valence-corrected chi connectivity index (χ2v) is 4.85. The molecule has 0 heterocycles. The van der Waals surface area contributed by atoms with E-state index >= 15 is 0 Å². The summed E-state index contributed by atoms with van der Waals surface area (Å²) in [5, 5.41) is 0. The normalized spacial score (nSPS) is 15.2. The van der Waals surface area contributed by atoms with Crippen LogP contribution in [0, 0.1) is 6.92 Å². The lowest BCUT2D eigenvalue weighted by Crippen LogP contribution is -1.95. The fourth-order valence-corrected chi connectivity index (χ4v) is 1.83. The molecule has 12 heavy (non-hydrogen) atoms. The predicted molar refractivity (Wildman–Crippen MR) is 51.6 cm³/mol. The zero-order valence-corrected chi connectivity index (χ0v) is 8.80. The van der Waals surface area contributed by atoms with Gasteiger partial charge in [-0.2, -0.15) is 0 Å². The summed E-state index contributed by atoms with van der Waals surface area (Å²) in [4.78, 5) is 0.310. The van der Waals surface area contributed by atoms with Gasteiger partial charge in [-0.3, -0.25) is 4.55 Å². The number of halogens is 1. The zero-order valence-electron chi connectivity index (χ0n) is 6.40. The third-order valence-corrected chi connectivity index (χ3v) is 3.67. The number of rotatable bonds is 1. The first-order valence-electron chi connectivity index (χ1n) is 3.23. The summed E-state index contributed by atoms with van der Waals surface area (Å²) in [6, 6.07) is 6.71. The smallest absolute Gasteiger partial charge is 0.201 e. The standard InChI is InChI=1S/C7H8BrNO2S/c1-6-2-4-7(5-3-6)12(10,11)9-8/h2-5H,1H3,(H,9,10,11). The highest BCUT2D eigenvalue weighted by molar-refractivity contribution is 9.09. The van der Waals surface area contributed by atoms with Crippen LogP contribution in [0.4, 0.5) is 0 Å². The van der Waals surface area contributed by atoms with E-state index in [1.165, 1.54) is 0 Å². The van der Waals surface area contributed by atoms with Crippen LogP contribution in [0.2, 0.25) is 0 Å². The van der Waals surface area contributed by atoms with Gasteiger partial charge < -0.3 is 0 Å². The van der Waals surface area contributed by atoms with Gasteiger partial charge in [0.1, 0.15) is 0 Å². The molecule has 66 valence electrons. The minimum absolute atomic E-state index is 0.310. The Bertz CT molecular complexity index is 379. The second kappa shape index (κ2) is 3.55. The molecule has 1 aromatic carbocycles. The molecule has 0 aliphatic heterocycles. The predicted octanol–water partition coefficient (Wildman–Crippen LogP) is 2.60. The van der Waals surface area contributed by atoms with E-state index in [2.05, 4.69) is 19.5 Å². The number of nitrogens with zero attached hydrogens (tertiary/aromatic N) is 1. The average Bonchev–Trinajstić information content (AvgIpc) is 2.05. The Morgan fingerprint density at radius 1 is 1.42 bits per heavy atom. The summed E-state index contributed by atoms with van der Waals surface area (Å²) in [6.45, 7) is 1.91. The Labute approximate surface area is 80.2 Å². The maximum absolute atomic E-state index is 11.2. The Kier molecular flexibility index (Phi) is 2.87.